The molecule has 5 nitrogen and oxygen atoms in total. The van der Waals surface area contributed by atoms with E-state index in [1.165, 1.54) is 13.3 Å². The second-order valence-electron chi connectivity index (χ2n) is 6.12. The summed E-state index contributed by atoms with van der Waals surface area (Å²) in [5.41, 5.74) is 2.97. The van der Waals surface area contributed by atoms with Gasteiger partial charge in [-0.3, -0.25) is 4.79 Å². The molecular formula is C21H14Cl2N2O3S. The highest BCUT2D eigenvalue weighted by molar-refractivity contribution is 7.22. The first-order valence-electron chi connectivity index (χ1n) is 8.50. The zero-order chi connectivity index (χ0) is 20.5. The smallest absolute Gasteiger partial charge is 0.283 e. The molecule has 0 saturated carbocycles. The van der Waals surface area contributed by atoms with Crippen molar-refractivity contribution < 1.29 is 14.6 Å². The number of ether oxygens (including phenoxy) is 1. The molecule has 1 heterocycles. The number of hydrogen-bond acceptors (Lipinski definition) is 5. The largest absolute Gasteiger partial charge is 0.507 e. The number of methoxy groups -OCH3 is 1. The van der Waals surface area contributed by atoms with Crippen LogP contribution >= 0.6 is 34.5 Å². The molecule has 2 N–H and O–H groups in total. The third-order valence-corrected chi connectivity index (χ3v) is 6.65. The van der Waals surface area contributed by atoms with Crippen molar-refractivity contribution in [3.63, 3.8) is 0 Å². The van der Waals surface area contributed by atoms with E-state index in [0.29, 0.717) is 31.4 Å². The standard InChI is InChI=1S/C21H14Cl2N2O3S/c1-28-16-9-7-13-17(22)20(29-19(13)18(16)23)21(27)25-24-10-14-12-5-3-2-4-11(12)6-8-15(14)26/h2-10,26H,1H3,(H,25,27)/b24-10+. The third-order valence-electron chi connectivity index (χ3n) is 4.44. The van der Waals surface area contributed by atoms with Crippen molar-refractivity contribution in [1.82, 2.24) is 5.43 Å². The van der Waals surface area contributed by atoms with Crippen LogP contribution in [-0.4, -0.2) is 24.3 Å². The lowest BCUT2D eigenvalue weighted by Gasteiger charge is -2.04. The number of nitrogens with zero attached hydrogens (tertiary/aromatic N) is 1. The fraction of sp³-hybridized carbons (Fsp3) is 0.0476. The Balaban J connectivity index is 1.63. The van der Waals surface area contributed by atoms with E-state index in [1.54, 1.807) is 18.2 Å². The Morgan fingerprint density at radius 2 is 1.90 bits per heavy atom. The van der Waals surface area contributed by atoms with Gasteiger partial charge in [0.2, 0.25) is 0 Å². The van der Waals surface area contributed by atoms with Crippen molar-refractivity contribution in [1.29, 1.82) is 0 Å². The minimum atomic E-state index is -0.470. The van der Waals surface area contributed by atoms with Gasteiger partial charge in [0, 0.05) is 10.9 Å². The highest BCUT2D eigenvalue weighted by atomic mass is 35.5. The summed E-state index contributed by atoms with van der Waals surface area (Å²) in [6, 6.07) is 14.4. The maximum absolute atomic E-state index is 12.6. The highest BCUT2D eigenvalue weighted by Gasteiger charge is 2.20. The van der Waals surface area contributed by atoms with Crippen LogP contribution < -0.4 is 10.2 Å². The average Bonchev–Trinajstić information content (AvgIpc) is 3.07. The summed E-state index contributed by atoms with van der Waals surface area (Å²) < 4.78 is 5.87. The number of thiophene rings is 1. The van der Waals surface area contributed by atoms with Crippen molar-refractivity contribution >= 4 is 67.5 Å². The van der Waals surface area contributed by atoms with Crippen molar-refractivity contribution in [2.24, 2.45) is 5.10 Å². The van der Waals surface area contributed by atoms with Gasteiger partial charge in [-0.1, -0.05) is 53.5 Å². The van der Waals surface area contributed by atoms with Crippen molar-refractivity contribution in [2.45, 2.75) is 0 Å². The molecule has 146 valence electrons. The topological polar surface area (TPSA) is 70.9 Å². The van der Waals surface area contributed by atoms with E-state index >= 15 is 0 Å². The number of halogens is 2. The second-order valence-corrected chi connectivity index (χ2v) is 7.90. The van der Waals surface area contributed by atoms with Gasteiger partial charge < -0.3 is 9.84 Å². The first kappa shape index (κ1) is 19.5. The van der Waals surface area contributed by atoms with Crippen LogP contribution in [0.25, 0.3) is 20.9 Å². The van der Waals surface area contributed by atoms with Crippen molar-refractivity contribution in [2.75, 3.05) is 7.11 Å². The maximum Gasteiger partial charge on any atom is 0.283 e. The van der Waals surface area contributed by atoms with E-state index in [-0.39, 0.29) is 10.6 Å². The van der Waals surface area contributed by atoms with Gasteiger partial charge in [-0.15, -0.1) is 11.3 Å². The molecule has 1 aromatic heterocycles. The molecule has 0 aliphatic heterocycles. The van der Waals surface area contributed by atoms with Gasteiger partial charge in [-0.25, -0.2) is 5.43 Å². The summed E-state index contributed by atoms with van der Waals surface area (Å²) in [5.74, 6) is 0.108. The second kappa shape index (κ2) is 7.91. The van der Waals surface area contributed by atoms with Crippen LogP contribution in [0.3, 0.4) is 0 Å². The van der Waals surface area contributed by atoms with Gasteiger partial charge in [-0.05, 0) is 29.0 Å². The summed E-state index contributed by atoms with van der Waals surface area (Å²) in [6.07, 6.45) is 1.41. The summed E-state index contributed by atoms with van der Waals surface area (Å²) in [6.45, 7) is 0. The van der Waals surface area contributed by atoms with Gasteiger partial charge in [0.15, 0.2) is 0 Å². The van der Waals surface area contributed by atoms with Gasteiger partial charge in [-0.2, -0.15) is 5.10 Å². The van der Waals surface area contributed by atoms with E-state index in [1.807, 2.05) is 30.3 Å². The lowest BCUT2D eigenvalue weighted by molar-refractivity contribution is 0.0959. The summed E-state index contributed by atoms with van der Waals surface area (Å²) in [4.78, 5) is 12.9. The number of hydrogen-bond donors (Lipinski definition) is 2. The van der Waals surface area contributed by atoms with Gasteiger partial charge in [0.1, 0.15) is 21.4 Å². The third kappa shape index (κ3) is 3.51. The number of carbonyl (C=O) groups is 1. The Hall–Kier alpha value is -2.80. The molecule has 0 aliphatic carbocycles. The molecule has 0 aliphatic rings. The monoisotopic (exact) mass is 444 g/mol. The van der Waals surface area contributed by atoms with E-state index in [2.05, 4.69) is 10.5 Å². The molecule has 0 bridgehead atoms. The number of fused-ring (bicyclic) bond motifs is 2. The lowest BCUT2D eigenvalue weighted by Crippen LogP contribution is -2.16. The van der Waals surface area contributed by atoms with Crippen LogP contribution in [-0.2, 0) is 0 Å². The van der Waals surface area contributed by atoms with Crippen LogP contribution in [0.5, 0.6) is 11.5 Å². The Bertz CT molecular complexity index is 1280. The molecule has 0 radical (unpaired) electrons. The van der Waals surface area contributed by atoms with Gasteiger partial charge >= 0.3 is 0 Å². The van der Waals surface area contributed by atoms with Crippen molar-refractivity contribution in [3.05, 3.63) is 69.0 Å². The number of hydrazone groups is 1. The Morgan fingerprint density at radius 1 is 1.10 bits per heavy atom. The fourth-order valence-electron chi connectivity index (χ4n) is 3.01. The molecule has 0 saturated heterocycles. The molecule has 29 heavy (non-hydrogen) atoms. The SMILES string of the molecule is COc1ccc2c(Cl)c(C(=O)N/N=C/c3c(O)ccc4ccccc34)sc2c1Cl. The Morgan fingerprint density at radius 3 is 2.69 bits per heavy atom. The zero-order valence-electron chi connectivity index (χ0n) is 15.1. The van der Waals surface area contributed by atoms with Crippen molar-refractivity contribution in [3.8, 4) is 11.5 Å². The normalized spacial score (nSPS) is 11.4. The van der Waals surface area contributed by atoms with E-state index in [4.69, 9.17) is 27.9 Å². The fourth-order valence-corrected chi connectivity index (χ4v) is 4.79. The number of benzene rings is 3. The minimum Gasteiger partial charge on any atom is -0.507 e. The molecule has 0 atom stereocenters. The number of nitrogens with one attached hydrogen (secondary N) is 1. The Kier molecular flexibility index (Phi) is 5.32. The predicted molar refractivity (Wildman–Crippen MR) is 119 cm³/mol. The van der Waals surface area contributed by atoms with Crippen LogP contribution in [0, 0.1) is 0 Å². The number of phenols is 1. The predicted octanol–water partition coefficient (Wildman–Crippen LogP) is 5.84. The number of aromatic hydroxyl groups is 1. The van der Waals surface area contributed by atoms with E-state index in [9.17, 15) is 9.90 Å². The van der Waals surface area contributed by atoms with Gasteiger partial charge in [0.25, 0.3) is 5.91 Å². The molecular weight excluding hydrogens is 431 g/mol. The quantitative estimate of drug-likeness (QED) is 0.306. The molecule has 4 aromatic rings. The zero-order valence-corrected chi connectivity index (χ0v) is 17.4. The summed E-state index contributed by atoms with van der Waals surface area (Å²) in [5, 5.41) is 17.3. The number of amides is 1. The van der Waals surface area contributed by atoms with Crippen LogP contribution in [0.4, 0.5) is 0 Å². The molecule has 3 aromatic carbocycles. The molecule has 8 heteroatoms. The summed E-state index contributed by atoms with van der Waals surface area (Å²) in [7, 11) is 1.52. The summed E-state index contributed by atoms with van der Waals surface area (Å²) >= 11 is 13.9. The highest BCUT2D eigenvalue weighted by Crippen LogP contribution is 2.42. The minimum absolute atomic E-state index is 0.0699. The first-order valence-corrected chi connectivity index (χ1v) is 10.1. The maximum atomic E-state index is 12.6. The van der Waals surface area contributed by atoms with E-state index in [0.717, 1.165) is 22.1 Å². The average molecular weight is 445 g/mol. The number of rotatable bonds is 4. The number of phenolic OH excluding ortho intramolecular Hbond substituents is 1. The van der Waals surface area contributed by atoms with Crippen LogP contribution in [0.1, 0.15) is 15.2 Å². The lowest BCUT2D eigenvalue weighted by atomic mass is 10.0. The molecule has 0 spiro atoms. The molecule has 0 unspecified atom stereocenters. The van der Waals surface area contributed by atoms with E-state index < -0.39 is 5.91 Å². The molecule has 4 rings (SSSR count). The Labute approximate surface area is 180 Å². The van der Waals surface area contributed by atoms with Crippen LogP contribution in [0.2, 0.25) is 10.0 Å². The number of carbonyl (C=O) groups excluding carboxylic acids is 1. The van der Waals surface area contributed by atoms with Crippen LogP contribution in [0.15, 0.2) is 53.6 Å². The molecule has 1 amide bonds. The van der Waals surface area contributed by atoms with Gasteiger partial charge in [0.05, 0.1) is 23.0 Å². The first-order chi connectivity index (χ1) is 14.0. The molecule has 0 fully saturated rings.